The van der Waals surface area contributed by atoms with Crippen molar-refractivity contribution in [2.45, 2.75) is 26.1 Å². The zero-order valence-electron chi connectivity index (χ0n) is 11.0. The number of carbonyl (C=O) groups excluding carboxylic acids is 3. The van der Waals surface area contributed by atoms with Crippen molar-refractivity contribution in [3.05, 3.63) is 34.9 Å². The summed E-state index contributed by atoms with van der Waals surface area (Å²) in [6.07, 6.45) is -0.0874. The largest absolute Gasteiger partial charge is 0.422 e. The fourth-order valence-corrected chi connectivity index (χ4v) is 2.15. The number of esters is 2. The molecule has 0 radical (unpaired) electrons. The Morgan fingerprint density at radius 2 is 1.85 bits per heavy atom. The highest BCUT2D eigenvalue weighted by atomic mass is 35.5. The van der Waals surface area contributed by atoms with E-state index in [9.17, 15) is 14.4 Å². The van der Waals surface area contributed by atoms with Crippen molar-refractivity contribution in [2.24, 2.45) is 5.92 Å². The second-order valence-corrected chi connectivity index (χ2v) is 5.38. The SMILES string of the molecule is CC1(C)OC(=O)C(C(=O)Cc2cccc(Cl)c2)C(=O)O1. The minimum absolute atomic E-state index is 0.0874. The molecule has 0 N–H and O–H groups in total. The molecule has 1 fully saturated rings. The fourth-order valence-electron chi connectivity index (χ4n) is 1.93. The van der Waals surface area contributed by atoms with Gasteiger partial charge in [0, 0.05) is 25.3 Å². The second kappa shape index (κ2) is 5.25. The number of Topliss-reactive ketones (excluding diaryl/α,β-unsaturated/α-hetero) is 1. The highest BCUT2D eigenvalue weighted by molar-refractivity contribution is 6.30. The van der Waals surface area contributed by atoms with Crippen LogP contribution in [0.4, 0.5) is 0 Å². The van der Waals surface area contributed by atoms with Gasteiger partial charge in [-0.25, -0.2) is 0 Å². The van der Waals surface area contributed by atoms with Gasteiger partial charge in [0.1, 0.15) is 0 Å². The monoisotopic (exact) mass is 296 g/mol. The van der Waals surface area contributed by atoms with Crippen molar-refractivity contribution in [3.8, 4) is 0 Å². The van der Waals surface area contributed by atoms with Gasteiger partial charge in [0.2, 0.25) is 5.92 Å². The molecule has 1 aromatic rings. The summed E-state index contributed by atoms with van der Waals surface area (Å²) in [5.74, 6) is -5.18. The zero-order valence-corrected chi connectivity index (χ0v) is 11.8. The molecule has 1 aliphatic rings. The average Bonchev–Trinajstić information content (AvgIpc) is 2.25. The molecule has 2 rings (SSSR count). The molecule has 1 aromatic carbocycles. The molecule has 0 amide bonds. The van der Waals surface area contributed by atoms with Gasteiger partial charge < -0.3 is 9.47 Å². The maximum absolute atomic E-state index is 12.1. The maximum atomic E-state index is 12.1. The van der Waals surface area contributed by atoms with Gasteiger partial charge in [-0.2, -0.15) is 0 Å². The molecule has 5 nitrogen and oxygen atoms in total. The number of ether oxygens (including phenoxy) is 2. The van der Waals surface area contributed by atoms with Crippen molar-refractivity contribution in [3.63, 3.8) is 0 Å². The van der Waals surface area contributed by atoms with Crippen molar-refractivity contribution >= 4 is 29.3 Å². The molecule has 0 bridgehead atoms. The van der Waals surface area contributed by atoms with Crippen LogP contribution >= 0.6 is 11.6 Å². The predicted molar refractivity (Wildman–Crippen MR) is 69.9 cm³/mol. The third-order valence-electron chi connectivity index (χ3n) is 2.75. The number of ketones is 1. The van der Waals surface area contributed by atoms with Crippen LogP contribution in [-0.4, -0.2) is 23.5 Å². The van der Waals surface area contributed by atoms with Crippen LogP contribution in [0.1, 0.15) is 19.4 Å². The highest BCUT2D eigenvalue weighted by Crippen LogP contribution is 2.24. The van der Waals surface area contributed by atoms with Crippen LogP contribution in [-0.2, 0) is 30.3 Å². The lowest BCUT2D eigenvalue weighted by atomic mass is 9.97. The van der Waals surface area contributed by atoms with E-state index in [0.29, 0.717) is 10.6 Å². The van der Waals surface area contributed by atoms with Gasteiger partial charge in [0.05, 0.1) is 0 Å². The van der Waals surface area contributed by atoms with Gasteiger partial charge in [0.15, 0.2) is 5.78 Å². The van der Waals surface area contributed by atoms with E-state index in [1.54, 1.807) is 24.3 Å². The first-order chi connectivity index (χ1) is 9.28. The van der Waals surface area contributed by atoms with E-state index in [1.165, 1.54) is 13.8 Å². The summed E-state index contributed by atoms with van der Waals surface area (Å²) in [4.78, 5) is 35.6. The molecular weight excluding hydrogens is 284 g/mol. The van der Waals surface area contributed by atoms with Crippen LogP contribution in [0.2, 0.25) is 5.02 Å². The van der Waals surface area contributed by atoms with Crippen LogP contribution in [0.25, 0.3) is 0 Å². The first-order valence-electron chi connectivity index (χ1n) is 6.01. The van der Waals surface area contributed by atoms with Crippen molar-refractivity contribution in [2.75, 3.05) is 0 Å². The first-order valence-corrected chi connectivity index (χ1v) is 6.39. The normalized spacial score (nSPS) is 18.4. The highest BCUT2D eigenvalue weighted by Gasteiger charge is 2.46. The number of halogens is 1. The smallest absolute Gasteiger partial charge is 0.331 e. The lowest BCUT2D eigenvalue weighted by molar-refractivity contribution is -0.238. The molecule has 6 heteroatoms. The molecule has 106 valence electrons. The molecule has 1 aliphatic heterocycles. The molecule has 0 atom stereocenters. The first kappa shape index (κ1) is 14.5. The molecule has 20 heavy (non-hydrogen) atoms. The quantitative estimate of drug-likeness (QED) is 0.629. The van der Waals surface area contributed by atoms with Gasteiger partial charge in [-0.15, -0.1) is 0 Å². The molecule has 0 aliphatic carbocycles. The summed E-state index contributed by atoms with van der Waals surface area (Å²) in [5.41, 5.74) is 0.618. The molecule has 0 saturated carbocycles. The number of hydrogen-bond donors (Lipinski definition) is 0. The van der Waals surface area contributed by atoms with Crippen LogP contribution in [0.3, 0.4) is 0 Å². The van der Waals surface area contributed by atoms with E-state index in [2.05, 4.69) is 0 Å². The second-order valence-electron chi connectivity index (χ2n) is 4.95. The number of cyclic esters (lactones) is 2. The van der Waals surface area contributed by atoms with Gasteiger partial charge in [-0.1, -0.05) is 23.7 Å². The Bertz CT molecular complexity index is 559. The van der Waals surface area contributed by atoms with Gasteiger partial charge >= 0.3 is 11.9 Å². The lowest BCUT2D eigenvalue weighted by Crippen LogP contribution is -2.49. The Hall–Kier alpha value is -1.88. The summed E-state index contributed by atoms with van der Waals surface area (Å²) in [5, 5.41) is 0.477. The number of rotatable bonds is 3. The van der Waals surface area contributed by atoms with Crippen molar-refractivity contribution in [1.29, 1.82) is 0 Å². The van der Waals surface area contributed by atoms with Crippen LogP contribution in [0.15, 0.2) is 24.3 Å². The summed E-state index contributed by atoms with van der Waals surface area (Å²) >= 11 is 5.81. The van der Waals surface area contributed by atoms with Crippen molar-refractivity contribution in [1.82, 2.24) is 0 Å². The molecule has 1 heterocycles. The Kier molecular flexibility index (Phi) is 3.81. The Morgan fingerprint density at radius 1 is 1.25 bits per heavy atom. The zero-order chi connectivity index (χ0) is 14.9. The summed E-state index contributed by atoms with van der Waals surface area (Å²) in [6.45, 7) is 2.86. The van der Waals surface area contributed by atoms with Gasteiger partial charge in [-0.05, 0) is 17.7 Å². The van der Waals surface area contributed by atoms with E-state index in [1.807, 2.05) is 0 Å². The topological polar surface area (TPSA) is 69.7 Å². The minimum Gasteiger partial charge on any atom is -0.422 e. The summed E-state index contributed by atoms with van der Waals surface area (Å²) in [6, 6.07) is 6.64. The predicted octanol–water partition coefficient (Wildman–Crippen LogP) is 1.90. The Balaban J connectivity index is 2.13. The molecule has 1 saturated heterocycles. The fraction of sp³-hybridized carbons (Fsp3) is 0.357. The molecular formula is C14H13ClO5. The standard InChI is InChI=1S/C14H13ClO5/c1-14(2)19-12(17)11(13(18)20-14)10(16)7-8-4-3-5-9(15)6-8/h3-6,11H,7H2,1-2H3. The number of benzene rings is 1. The van der Waals surface area contributed by atoms with E-state index in [4.69, 9.17) is 21.1 Å². The lowest BCUT2D eigenvalue weighted by Gasteiger charge is -2.32. The Labute approximate surface area is 120 Å². The third-order valence-corrected chi connectivity index (χ3v) is 2.99. The third kappa shape index (κ3) is 3.17. The number of hydrogen-bond acceptors (Lipinski definition) is 5. The number of carbonyl (C=O) groups is 3. The van der Waals surface area contributed by atoms with Gasteiger partial charge in [-0.3, -0.25) is 14.4 Å². The van der Waals surface area contributed by atoms with Crippen LogP contribution < -0.4 is 0 Å². The maximum Gasteiger partial charge on any atom is 0.331 e. The van der Waals surface area contributed by atoms with E-state index < -0.39 is 29.4 Å². The van der Waals surface area contributed by atoms with Crippen molar-refractivity contribution < 1.29 is 23.9 Å². The van der Waals surface area contributed by atoms with E-state index >= 15 is 0 Å². The molecule has 0 unspecified atom stereocenters. The van der Waals surface area contributed by atoms with Crippen LogP contribution in [0, 0.1) is 5.92 Å². The van der Waals surface area contributed by atoms with Gasteiger partial charge in [0.25, 0.3) is 5.79 Å². The Morgan fingerprint density at radius 3 is 2.40 bits per heavy atom. The summed E-state index contributed by atoms with van der Waals surface area (Å²) in [7, 11) is 0. The minimum atomic E-state index is -1.53. The van der Waals surface area contributed by atoms with Crippen LogP contribution in [0.5, 0.6) is 0 Å². The average molecular weight is 297 g/mol. The van der Waals surface area contributed by atoms with E-state index in [0.717, 1.165) is 0 Å². The molecule has 0 aromatic heterocycles. The summed E-state index contributed by atoms with van der Waals surface area (Å²) < 4.78 is 9.82. The molecule has 0 spiro atoms. The van der Waals surface area contributed by atoms with E-state index in [-0.39, 0.29) is 6.42 Å².